The Morgan fingerprint density at radius 2 is 1.93 bits per heavy atom. The summed E-state index contributed by atoms with van der Waals surface area (Å²) in [6.45, 7) is 3.90. The largest absolute Gasteiger partial charge is 0.494 e. The fourth-order valence-electron chi connectivity index (χ4n) is 3.45. The number of aryl methyl sites for hydroxylation is 1. The summed E-state index contributed by atoms with van der Waals surface area (Å²) < 4.78 is 32.5. The molecule has 0 aliphatic carbocycles. The number of piperidine rings is 1. The number of aromatic nitrogens is 2. The molecular weight excluding hydrogens is 412 g/mol. The van der Waals surface area contributed by atoms with E-state index in [0.29, 0.717) is 30.9 Å². The van der Waals surface area contributed by atoms with Crippen LogP contribution in [0.25, 0.3) is 0 Å². The lowest BCUT2D eigenvalue weighted by atomic mass is 9.99. The van der Waals surface area contributed by atoms with E-state index in [1.165, 1.54) is 6.92 Å². The first-order chi connectivity index (χ1) is 14.2. The minimum absolute atomic E-state index is 0.0373. The van der Waals surface area contributed by atoms with Crippen molar-refractivity contribution in [3.63, 3.8) is 0 Å². The Morgan fingerprint density at radius 3 is 2.57 bits per heavy atom. The Kier molecular flexibility index (Phi) is 6.42. The number of hydrogen-bond donors (Lipinski definition) is 3. The van der Waals surface area contributed by atoms with Crippen LogP contribution in [0, 0.1) is 12.8 Å². The molecule has 1 unspecified atom stereocenters. The van der Waals surface area contributed by atoms with Gasteiger partial charge in [-0.2, -0.15) is 4.31 Å². The molecule has 1 aliphatic heterocycles. The number of nitrogens with zero attached hydrogens (tertiary/aromatic N) is 1. The molecule has 1 atom stereocenters. The maximum atomic E-state index is 13.0. The molecule has 30 heavy (non-hydrogen) atoms. The van der Waals surface area contributed by atoms with E-state index in [-0.39, 0.29) is 24.7 Å². The zero-order chi connectivity index (χ0) is 21.9. The summed E-state index contributed by atoms with van der Waals surface area (Å²) in [5, 5.41) is 2.79. The zero-order valence-corrected chi connectivity index (χ0v) is 17.5. The zero-order valence-electron chi connectivity index (χ0n) is 16.7. The molecule has 0 radical (unpaired) electrons. The fraction of sp³-hybridized carbons (Fsp3) is 0.421. The lowest BCUT2D eigenvalue weighted by Gasteiger charge is -2.31. The van der Waals surface area contributed by atoms with E-state index >= 15 is 0 Å². The number of anilines is 1. The summed E-state index contributed by atoms with van der Waals surface area (Å²) in [6.07, 6.45) is 0.997. The van der Waals surface area contributed by atoms with Crippen molar-refractivity contribution in [3.05, 3.63) is 50.8 Å². The first-order valence-electron chi connectivity index (χ1n) is 9.59. The van der Waals surface area contributed by atoms with Crippen LogP contribution in [0.2, 0.25) is 0 Å². The topological polar surface area (TPSA) is 141 Å². The third-order valence-electron chi connectivity index (χ3n) is 4.86. The Morgan fingerprint density at radius 1 is 1.23 bits per heavy atom. The maximum Gasteiger partial charge on any atom is 0.325 e. The molecule has 3 N–H and O–H groups in total. The van der Waals surface area contributed by atoms with Gasteiger partial charge in [-0.15, -0.1) is 0 Å². The van der Waals surface area contributed by atoms with Crippen LogP contribution in [-0.2, 0) is 14.8 Å². The Hall–Kier alpha value is -2.92. The van der Waals surface area contributed by atoms with Gasteiger partial charge in [0.15, 0.2) is 4.90 Å². The molecule has 0 bridgehead atoms. The minimum atomic E-state index is -4.17. The van der Waals surface area contributed by atoms with E-state index in [0.717, 1.165) is 4.31 Å². The molecular formula is C19H24N4O6S. The molecule has 2 heterocycles. The van der Waals surface area contributed by atoms with Gasteiger partial charge in [-0.3, -0.25) is 14.6 Å². The predicted octanol–water partition coefficient (Wildman–Crippen LogP) is 0.810. The number of benzene rings is 1. The van der Waals surface area contributed by atoms with Crippen LogP contribution in [-0.4, -0.2) is 48.3 Å². The van der Waals surface area contributed by atoms with Gasteiger partial charge in [0.25, 0.3) is 5.56 Å². The molecule has 1 saturated heterocycles. The quantitative estimate of drug-likeness (QED) is 0.612. The van der Waals surface area contributed by atoms with Gasteiger partial charge < -0.3 is 15.0 Å². The van der Waals surface area contributed by atoms with Crippen molar-refractivity contribution in [1.82, 2.24) is 14.3 Å². The van der Waals surface area contributed by atoms with Gasteiger partial charge in [-0.05, 0) is 51.0 Å². The Balaban J connectivity index is 1.75. The second-order valence-corrected chi connectivity index (χ2v) is 8.89. The summed E-state index contributed by atoms with van der Waals surface area (Å²) in [5.41, 5.74) is -1.21. The Bertz CT molecular complexity index is 1140. The highest BCUT2D eigenvalue weighted by molar-refractivity contribution is 7.89. The minimum Gasteiger partial charge on any atom is -0.494 e. The molecule has 1 amide bonds. The van der Waals surface area contributed by atoms with Gasteiger partial charge in [-0.1, -0.05) is 0 Å². The first-order valence-corrected chi connectivity index (χ1v) is 11.0. The molecule has 0 saturated carbocycles. The van der Waals surface area contributed by atoms with Crippen molar-refractivity contribution in [1.29, 1.82) is 0 Å². The van der Waals surface area contributed by atoms with Crippen LogP contribution < -0.4 is 21.3 Å². The normalized spacial score (nSPS) is 17.5. The summed E-state index contributed by atoms with van der Waals surface area (Å²) in [4.78, 5) is 39.9. The number of carbonyl (C=O) groups is 1. The third-order valence-corrected chi connectivity index (χ3v) is 6.88. The third kappa shape index (κ3) is 4.62. The van der Waals surface area contributed by atoms with E-state index in [1.54, 1.807) is 24.3 Å². The van der Waals surface area contributed by atoms with Gasteiger partial charge in [-0.25, -0.2) is 13.2 Å². The number of carbonyl (C=O) groups excluding carboxylic acids is 1. The highest BCUT2D eigenvalue weighted by atomic mass is 32.2. The Labute approximate surface area is 173 Å². The number of ether oxygens (including phenoxy) is 1. The number of nitrogens with one attached hydrogen (secondary N) is 3. The molecule has 11 heteroatoms. The van der Waals surface area contributed by atoms with Gasteiger partial charge >= 0.3 is 5.69 Å². The SMILES string of the molecule is CCOc1ccc(NC(=O)C2CCCN(S(=O)(=O)c3c(C)[nH]c(=O)[nH]c3=O)C2)cc1. The van der Waals surface area contributed by atoms with Crippen LogP contribution in [0.5, 0.6) is 5.75 Å². The van der Waals surface area contributed by atoms with E-state index in [4.69, 9.17) is 4.74 Å². The number of aromatic amines is 2. The van der Waals surface area contributed by atoms with E-state index in [1.807, 2.05) is 11.9 Å². The number of amides is 1. The fourth-order valence-corrected chi connectivity index (χ4v) is 5.18. The molecule has 1 fully saturated rings. The standard InChI is InChI=1S/C19H24N4O6S/c1-3-29-15-8-6-14(7-9-15)21-17(24)13-5-4-10-23(11-13)30(27,28)16-12(2)20-19(26)22-18(16)25/h6-9,13H,3-5,10-11H2,1-2H3,(H,21,24)(H2,20,22,25,26). The second kappa shape index (κ2) is 8.84. The highest BCUT2D eigenvalue weighted by Gasteiger charge is 2.35. The highest BCUT2D eigenvalue weighted by Crippen LogP contribution is 2.24. The van der Waals surface area contributed by atoms with Crippen molar-refractivity contribution in [2.45, 2.75) is 31.6 Å². The van der Waals surface area contributed by atoms with Crippen LogP contribution in [0.1, 0.15) is 25.5 Å². The van der Waals surface area contributed by atoms with E-state index in [9.17, 15) is 22.8 Å². The lowest BCUT2D eigenvalue weighted by Crippen LogP contribution is -2.45. The molecule has 1 aromatic heterocycles. The first kappa shape index (κ1) is 21.8. The molecule has 1 aromatic carbocycles. The number of rotatable bonds is 6. The van der Waals surface area contributed by atoms with Crippen molar-refractivity contribution >= 4 is 21.6 Å². The maximum absolute atomic E-state index is 13.0. The molecule has 162 valence electrons. The van der Waals surface area contributed by atoms with Crippen molar-refractivity contribution in [3.8, 4) is 5.75 Å². The number of sulfonamides is 1. The summed E-state index contributed by atoms with van der Waals surface area (Å²) in [7, 11) is -4.17. The van der Waals surface area contributed by atoms with Crippen molar-refractivity contribution in [2.24, 2.45) is 5.92 Å². The van der Waals surface area contributed by atoms with Crippen LogP contribution in [0.4, 0.5) is 5.69 Å². The summed E-state index contributed by atoms with van der Waals surface area (Å²) in [5.74, 6) is -0.180. The van der Waals surface area contributed by atoms with Crippen molar-refractivity contribution < 1.29 is 17.9 Å². The monoisotopic (exact) mass is 436 g/mol. The predicted molar refractivity (Wildman–Crippen MR) is 110 cm³/mol. The molecule has 1 aliphatic rings. The van der Waals surface area contributed by atoms with Gasteiger partial charge in [0, 0.05) is 24.5 Å². The smallest absolute Gasteiger partial charge is 0.325 e. The average molecular weight is 436 g/mol. The summed E-state index contributed by atoms with van der Waals surface area (Å²) >= 11 is 0. The van der Waals surface area contributed by atoms with Gasteiger partial charge in [0.2, 0.25) is 15.9 Å². The van der Waals surface area contributed by atoms with Crippen LogP contribution in [0.15, 0.2) is 38.8 Å². The molecule has 0 spiro atoms. The second-order valence-electron chi connectivity index (χ2n) is 7.01. The lowest BCUT2D eigenvalue weighted by molar-refractivity contribution is -0.120. The van der Waals surface area contributed by atoms with E-state index < -0.39 is 32.1 Å². The molecule has 10 nitrogen and oxygen atoms in total. The molecule has 3 rings (SSSR count). The van der Waals surface area contributed by atoms with Crippen molar-refractivity contribution in [2.75, 3.05) is 25.0 Å². The average Bonchev–Trinajstić information content (AvgIpc) is 2.69. The number of H-pyrrole nitrogens is 2. The summed E-state index contributed by atoms with van der Waals surface area (Å²) in [6, 6.07) is 6.90. The number of hydrogen-bond acceptors (Lipinski definition) is 6. The van der Waals surface area contributed by atoms with Crippen LogP contribution >= 0.6 is 0 Å². The van der Waals surface area contributed by atoms with Gasteiger partial charge in [0.1, 0.15) is 5.75 Å². The van der Waals surface area contributed by atoms with Crippen LogP contribution in [0.3, 0.4) is 0 Å². The van der Waals surface area contributed by atoms with E-state index in [2.05, 4.69) is 10.3 Å². The van der Waals surface area contributed by atoms with Gasteiger partial charge in [0.05, 0.1) is 12.5 Å². The molecule has 2 aromatic rings.